The summed E-state index contributed by atoms with van der Waals surface area (Å²) < 4.78 is 7.75. The Bertz CT molecular complexity index is 1020. The summed E-state index contributed by atoms with van der Waals surface area (Å²) >= 11 is 6.01. The van der Waals surface area contributed by atoms with E-state index < -0.39 is 0 Å². The molecule has 9 nitrogen and oxygen atoms in total. The van der Waals surface area contributed by atoms with Gasteiger partial charge in [0.1, 0.15) is 17.7 Å². The maximum absolute atomic E-state index is 10.3. The zero-order chi connectivity index (χ0) is 21.1. The molecule has 3 heterocycles. The average Bonchev–Trinajstić information content (AvgIpc) is 3.18. The summed E-state index contributed by atoms with van der Waals surface area (Å²) in [5.41, 5.74) is 2.57. The lowest BCUT2D eigenvalue weighted by Gasteiger charge is -2.12. The lowest BCUT2D eigenvalue weighted by atomic mass is 10.1. The van der Waals surface area contributed by atoms with E-state index in [9.17, 15) is 5.11 Å². The van der Waals surface area contributed by atoms with E-state index in [0.29, 0.717) is 33.6 Å². The molecule has 4 rings (SSSR count). The number of benzene rings is 1. The van der Waals surface area contributed by atoms with Crippen molar-refractivity contribution in [1.82, 2.24) is 24.4 Å². The number of aromatic nitrogens is 4. The number of nitrogens with zero attached hydrogens (tertiary/aromatic N) is 5. The molecule has 1 saturated heterocycles. The summed E-state index contributed by atoms with van der Waals surface area (Å²) in [5, 5.41) is 17.7. The number of phenolic OH excluding ortho intramolecular Hbond substituents is 1. The first kappa shape index (κ1) is 20.8. The fourth-order valence-corrected chi connectivity index (χ4v) is 3.67. The predicted octanol–water partition coefficient (Wildman–Crippen LogP) is 2.48. The van der Waals surface area contributed by atoms with Gasteiger partial charge in [-0.05, 0) is 38.1 Å². The SMILES string of the molecule is Cc1cc(Cl)cc(O)c1-c1nc2nc(OC3CCN(C)C3)cnc2n1C.O=CO. The minimum atomic E-state index is -0.250. The third-order valence-corrected chi connectivity index (χ3v) is 4.92. The normalized spacial score (nSPS) is 16.5. The number of phenols is 1. The molecule has 0 aliphatic carbocycles. The van der Waals surface area contributed by atoms with E-state index >= 15 is 0 Å². The Kier molecular flexibility index (Phi) is 6.19. The van der Waals surface area contributed by atoms with E-state index in [-0.39, 0.29) is 18.3 Å². The molecule has 1 aromatic carbocycles. The maximum atomic E-state index is 10.3. The predicted molar refractivity (Wildman–Crippen MR) is 108 cm³/mol. The van der Waals surface area contributed by atoms with Crippen LogP contribution in [0.3, 0.4) is 0 Å². The molecule has 0 saturated carbocycles. The fourth-order valence-electron chi connectivity index (χ4n) is 3.40. The van der Waals surface area contributed by atoms with Gasteiger partial charge in [0.25, 0.3) is 6.47 Å². The molecule has 1 fully saturated rings. The van der Waals surface area contributed by atoms with E-state index in [1.54, 1.807) is 12.3 Å². The van der Waals surface area contributed by atoms with Crippen LogP contribution in [0.4, 0.5) is 0 Å². The van der Waals surface area contributed by atoms with Crippen LogP contribution in [0.1, 0.15) is 12.0 Å². The van der Waals surface area contributed by atoms with Crippen molar-refractivity contribution in [2.45, 2.75) is 19.4 Å². The summed E-state index contributed by atoms with van der Waals surface area (Å²) in [7, 11) is 3.92. The van der Waals surface area contributed by atoms with E-state index in [4.69, 9.17) is 26.2 Å². The average molecular weight is 420 g/mol. The van der Waals surface area contributed by atoms with Gasteiger partial charge in [0.15, 0.2) is 5.65 Å². The minimum Gasteiger partial charge on any atom is -0.507 e. The maximum Gasteiger partial charge on any atom is 0.290 e. The first-order valence-electron chi connectivity index (χ1n) is 8.96. The smallest absolute Gasteiger partial charge is 0.290 e. The van der Waals surface area contributed by atoms with E-state index in [1.807, 2.05) is 18.5 Å². The number of fused-ring (bicyclic) bond motifs is 1. The topological polar surface area (TPSA) is 114 Å². The van der Waals surface area contributed by atoms with Crippen LogP contribution in [-0.2, 0) is 11.8 Å². The molecule has 0 bridgehead atoms. The Balaban J connectivity index is 0.000000755. The lowest BCUT2D eigenvalue weighted by Crippen LogP contribution is -2.21. The monoisotopic (exact) mass is 419 g/mol. The molecule has 1 aliphatic rings. The van der Waals surface area contributed by atoms with Gasteiger partial charge in [-0.15, -0.1) is 0 Å². The number of hydrogen-bond acceptors (Lipinski definition) is 7. The van der Waals surface area contributed by atoms with Crippen LogP contribution in [0.2, 0.25) is 5.02 Å². The molecule has 154 valence electrons. The highest BCUT2D eigenvalue weighted by molar-refractivity contribution is 6.31. The van der Waals surface area contributed by atoms with E-state index in [1.165, 1.54) is 6.07 Å². The zero-order valence-corrected chi connectivity index (χ0v) is 17.1. The molecule has 2 aromatic heterocycles. The Morgan fingerprint density at radius 2 is 2.03 bits per heavy atom. The summed E-state index contributed by atoms with van der Waals surface area (Å²) in [6.45, 7) is 3.53. The number of carboxylic acid groups (broad SMARTS) is 1. The van der Waals surface area contributed by atoms with Gasteiger partial charge < -0.3 is 24.4 Å². The summed E-state index contributed by atoms with van der Waals surface area (Å²) in [4.78, 5) is 24.1. The van der Waals surface area contributed by atoms with Crippen molar-refractivity contribution in [2.24, 2.45) is 7.05 Å². The summed E-state index contributed by atoms with van der Waals surface area (Å²) in [5.74, 6) is 1.14. The fraction of sp³-hybridized carbons (Fsp3) is 0.368. The molecule has 1 unspecified atom stereocenters. The second kappa shape index (κ2) is 8.62. The van der Waals surface area contributed by atoms with Crippen molar-refractivity contribution in [3.63, 3.8) is 0 Å². The molecular weight excluding hydrogens is 398 g/mol. The molecule has 1 aliphatic heterocycles. The number of aryl methyl sites for hydroxylation is 2. The molecule has 10 heteroatoms. The van der Waals surface area contributed by atoms with Crippen molar-refractivity contribution in [3.8, 4) is 23.0 Å². The summed E-state index contributed by atoms with van der Waals surface area (Å²) in [6, 6.07) is 3.30. The number of rotatable bonds is 3. The van der Waals surface area contributed by atoms with Crippen LogP contribution >= 0.6 is 11.6 Å². The van der Waals surface area contributed by atoms with Crippen LogP contribution in [0.5, 0.6) is 11.6 Å². The number of likely N-dealkylation sites (N-methyl/N-ethyl adjacent to an activating group) is 1. The molecule has 0 spiro atoms. The molecule has 1 atom stereocenters. The van der Waals surface area contributed by atoms with Gasteiger partial charge >= 0.3 is 0 Å². The van der Waals surface area contributed by atoms with Crippen LogP contribution in [0.15, 0.2) is 18.3 Å². The van der Waals surface area contributed by atoms with Crippen molar-refractivity contribution in [3.05, 3.63) is 28.9 Å². The second-order valence-electron chi connectivity index (χ2n) is 6.86. The van der Waals surface area contributed by atoms with Crippen LogP contribution in [0, 0.1) is 6.92 Å². The minimum absolute atomic E-state index is 0.0823. The van der Waals surface area contributed by atoms with Crippen LogP contribution in [0.25, 0.3) is 22.7 Å². The quantitative estimate of drug-likeness (QED) is 0.622. The van der Waals surface area contributed by atoms with Crippen molar-refractivity contribution in [2.75, 3.05) is 20.1 Å². The van der Waals surface area contributed by atoms with E-state index in [2.05, 4.69) is 26.9 Å². The first-order valence-corrected chi connectivity index (χ1v) is 9.33. The van der Waals surface area contributed by atoms with Gasteiger partial charge in [-0.3, -0.25) is 4.79 Å². The third-order valence-electron chi connectivity index (χ3n) is 4.70. The van der Waals surface area contributed by atoms with Crippen LogP contribution < -0.4 is 4.74 Å². The van der Waals surface area contributed by atoms with Gasteiger partial charge in [-0.25, -0.2) is 9.97 Å². The van der Waals surface area contributed by atoms with Crippen molar-refractivity contribution >= 4 is 29.4 Å². The Hall–Kier alpha value is -2.91. The van der Waals surface area contributed by atoms with Crippen molar-refractivity contribution < 1.29 is 19.7 Å². The first-order chi connectivity index (χ1) is 13.8. The molecule has 2 N–H and O–H groups in total. The number of halogens is 1. The number of ether oxygens (including phenoxy) is 1. The van der Waals surface area contributed by atoms with Gasteiger partial charge in [-0.1, -0.05) is 11.6 Å². The van der Waals surface area contributed by atoms with Crippen LogP contribution in [-0.4, -0.2) is 67.3 Å². The molecule has 0 radical (unpaired) electrons. The molecule has 29 heavy (non-hydrogen) atoms. The van der Waals surface area contributed by atoms with Gasteiger partial charge in [0, 0.05) is 25.2 Å². The zero-order valence-electron chi connectivity index (χ0n) is 16.3. The Morgan fingerprint density at radius 3 is 2.66 bits per heavy atom. The largest absolute Gasteiger partial charge is 0.507 e. The molecular formula is C19H22ClN5O4. The highest BCUT2D eigenvalue weighted by Crippen LogP contribution is 2.35. The van der Waals surface area contributed by atoms with Gasteiger partial charge in [-0.2, -0.15) is 4.98 Å². The standard InChI is InChI=1S/C18H20ClN5O2.CH2O2/c1-10-6-11(19)7-13(25)15(10)17-22-16-18(24(17)3)20-8-14(21-16)26-12-4-5-23(2)9-12;2-1-3/h6-8,12,25H,4-5,9H2,1-3H3;1H,(H,2,3). The Morgan fingerprint density at radius 1 is 1.31 bits per heavy atom. The summed E-state index contributed by atoms with van der Waals surface area (Å²) in [6.07, 6.45) is 2.72. The number of hydrogen-bond donors (Lipinski definition) is 2. The number of likely N-dealkylation sites (tertiary alicyclic amines) is 1. The van der Waals surface area contributed by atoms with Gasteiger partial charge in [0.05, 0.1) is 11.8 Å². The molecule has 0 amide bonds. The Labute approximate surface area is 172 Å². The second-order valence-corrected chi connectivity index (χ2v) is 7.30. The van der Waals surface area contributed by atoms with E-state index in [0.717, 1.165) is 25.1 Å². The lowest BCUT2D eigenvalue weighted by molar-refractivity contribution is -0.122. The third kappa shape index (κ3) is 4.41. The number of aromatic hydroxyl groups is 1. The number of imidazole rings is 1. The van der Waals surface area contributed by atoms with Crippen molar-refractivity contribution in [1.29, 1.82) is 0 Å². The molecule has 3 aromatic rings. The highest BCUT2D eigenvalue weighted by Gasteiger charge is 2.23. The van der Waals surface area contributed by atoms with Gasteiger partial charge in [0.2, 0.25) is 11.5 Å². The number of carbonyl (C=O) groups is 1. The highest BCUT2D eigenvalue weighted by atomic mass is 35.5.